The summed E-state index contributed by atoms with van der Waals surface area (Å²) >= 11 is 1.83. The molecule has 1 aromatic heterocycles. The summed E-state index contributed by atoms with van der Waals surface area (Å²) in [6.07, 6.45) is 12.4. The second-order valence-electron chi connectivity index (χ2n) is 4.70. The molecule has 0 atom stereocenters. The summed E-state index contributed by atoms with van der Waals surface area (Å²) in [5.41, 5.74) is 1.32. The Morgan fingerprint density at radius 1 is 1.10 bits per heavy atom. The quantitative estimate of drug-likeness (QED) is 0.598. The molecular formula is C17H21N2S+. The molecule has 0 fully saturated rings. The fourth-order valence-electron chi connectivity index (χ4n) is 1.99. The average molecular weight is 285 g/mol. The summed E-state index contributed by atoms with van der Waals surface area (Å²) in [5.74, 6) is 0. The van der Waals surface area contributed by atoms with Crippen molar-refractivity contribution in [3.63, 3.8) is 0 Å². The Labute approximate surface area is 125 Å². The van der Waals surface area contributed by atoms with E-state index in [4.69, 9.17) is 0 Å². The molecule has 2 nitrogen and oxygen atoms in total. The van der Waals surface area contributed by atoms with Gasteiger partial charge < -0.3 is 4.90 Å². The first-order valence-corrected chi connectivity index (χ1v) is 7.63. The fourth-order valence-corrected chi connectivity index (χ4v) is 3.13. The summed E-state index contributed by atoms with van der Waals surface area (Å²) in [7, 11) is 4.03. The van der Waals surface area contributed by atoms with Gasteiger partial charge in [-0.25, -0.2) is 0 Å². The molecule has 1 aromatic carbocycles. The van der Waals surface area contributed by atoms with Gasteiger partial charge in [-0.3, -0.25) is 0 Å². The predicted octanol–water partition coefficient (Wildman–Crippen LogP) is 3.85. The van der Waals surface area contributed by atoms with Crippen LogP contribution in [-0.2, 0) is 6.54 Å². The largest absolute Gasteiger partial charge is 0.383 e. The molecule has 2 aromatic rings. The zero-order valence-electron chi connectivity index (χ0n) is 12.3. The fraction of sp³-hybridized carbons (Fsp3) is 0.235. The maximum Gasteiger partial charge on any atom is 0.262 e. The van der Waals surface area contributed by atoms with E-state index in [-0.39, 0.29) is 0 Å². The van der Waals surface area contributed by atoms with Crippen molar-refractivity contribution in [3.05, 3.63) is 59.8 Å². The van der Waals surface area contributed by atoms with E-state index >= 15 is 0 Å². The van der Waals surface area contributed by atoms with Crippen LogP contribution in [-0.4, -0.2) is 19.0 Å². The van der Waals surface area contributed by atoms with Gasteiger partial charge in [-0.05, 0) is 25.3 Å². The van der Waals surface area contributed by atoms with Gasteiger partial charge in [0, 0.05) is 26.2 Å². The van der Waals surface area contributed by atoms with Gasteiger partial charge in [-0.15, -0.1) is 0 Å². The van der Waals surface area contributed by atoms with Gasteiger partial charge in [-0.1, -0.05) is 41.7 Å². The second kappa shape index (κ2) is 7.06. The van der Waals surface area contributed by atoms with Gasteiger partial charge >= 0.3 is 0 Å². The molecule has 0 unspecified atom stereocenters. The number of aryl methyl sites for hydroxylation is 1. The molecule has 0 saturated carbocycles. The van der Waals surface area contributed by atoms with Gasteiger partial charge in [-0.2, -0.15) is 4.57 Å². The van der Waals surface area contributed by atoms with Crippen molar-refractivity contribution in [3.8, 4) is 0 Å². The van der Waals surface area contributed by atoms with Crippen LogP contribution in [0.3, 0.4) is 0 Å². The van der Waals surface area contributed by atoms with Crippen LogP contribution in [0.5, 0.6) is 0 Å². The van der Waals surface area contributed by atoms with Crippen molar-refractivity contribution in [2.45, 2.75) is 13.5 Å². The van der Waals surface area contributed by atoms with Crippen LogP contribution >= 0.6 is 11.3 Å². The molecule has 2 rings (SSSR count). The molecule has 0 aliphatic carbocycles. The molecule has 20 heavy (non-hydrogen) atoms. The number of benzene rings is 1. The van der Waals surface area contributed by atoms with Gasteiger partial charge in [0.1, 0.15) is 11.2 Å². The van der Waals surface area contributed by atoms with Gasteiger partial charge in [0.2, 0.25) is 5.52 Å². The van der Waals surface area contributed by atoms with Gasteiger partial charge in [0.05, 0.1) is 0 Å². The van der Waals surface area contributed by atoms with Crippen LogP contribution in [0, 0.1) is 0 Å². The minimum atomic E-state index is 0.994. The average Bonchev–Trinajstić information content (AvgIpc) is 2.79. The molecule has 0 aliphatic heterocycles. The predicted molar refractivity (Wildman–Crippen MR) is 88.7 cm³/mol. The number of aromatic nitrogens is 1. The highest BCUT2D eigenvalue weighted by atomic mass is 32.1. The molecule has 0 N–H and O–H groups in total. The number of allylic oxidation sites excluding steroid dienone is 4. The van der Waals surface area contributed by atoms with Crippen molar-refractivity contribution in [2.24, 2.45) is 0 Å². The third-order valence-corrected chi connectivity index (χ3v) is 4.04. The van der Waals surface area contributed by atoms with E-state index in [9.17, 15) is 0 Å². The lowest BCUT2D eigenvalue weighted by molar-refractivity contribution is -0.665. The molecule has 104 valence electrons. The number of fused-ring (bicyclic) bond motifs is 1. The third-order valence-electron chi connectivity index (χ3n) is 2.91. The third kappa shape index (κ3) is 3.58. The van der Waals surface area contributed by atoms with Crippen LogP contribution < -0.4 is 4.57 Å². The molecule has 0 amide bonds. The van der Waals surface area contributed by atoms with Crippen molar-refractivity contribution < 1.29 is 4.57 Å². The zero-order valence-corrected chi connectivity index (χ0v) is 13.1. The Balaban J connectivity index is 2.17. The van der Waals surface area contributed by atoms with Gasteiger partial charge in [0.25, 0.3) is 5.01 Å². The zero-order chi connectivity index (χ0) is 14.4. The van der Waals surface area contributed by atoms with Crippen LogP contribution in [0.1, 0.15) is 11.9 Å². The van der Waals surface area contributed by atoms with Crippen LogP contribution in [0.4, 0.5) is 0 Å². The minimum Gasteiger partial charge on any atom is -0.383 e. The number of para-hydroxylation sites is 1. The number of hydrogen-bond donors (Lipinski definition) is 0. The van der Waals surface area contributed by atoms with E-state index in [0.717, 1.165) is 6.54 Å². The maximum absolute atomic E-state index is 2.35. The minimum absolute atomic E-state index is 0.994. The van der Waals surface area contributed by atoms with Crippen molar-refractivity contribution in [1.29, 1.82) is 0 Å². The van der Waals surface area contributed by atoms with Crippen molar-refractivity contribution in [2.75, 3.05) is 14.1 Å². The lowest BCUT2D eigenvalue weighted by atomic mass is 10.3. The Kier molecular flexibility index (Phi) is 5.13. The Morgan fingerprint density at radius 2 is 1.85 bits per heavy atom. The second-order valence-corrected chi connectivity index (χ2v) is 5.76. The summed E-state index contributed by atoms with van der Waals surface area (Å²) < 4.78 is 3.69. The molecule has 0 bridgehead atoms. The van der Waals surface area contributed by atoms with E-state index in [1.165, 1.54) is 15.2 Å². The summed E-state index contributed by atoms with van der Waals surface area (Å²) in [6, 6.07) is 8.56. The monoisotopic (exact) mass is 285 g/mol. The van der Waals surface area contributed by atoms with Crippen LogP contribution in [0.15, 0.2) is 54.8 Å². The molecule has 1 heterocycles. The normalized spacial score (nSPS) is 12.3. The van der Waals surface area contributed by atoms with Crippen molar-refractivity contribution in [1.82, 2.24) is 4.90 Å². The molecule has 0 spiro atoms. The maximum atomic E-state index is 2.35. The molecule has 0 aliphatic rings. The Bertz CT molecular complexity index is 648. The topological polar surface area (TPSA) is 7.12 Å². The number of hydrogen-bond acceptors (Lipinski definition) is 2. The standard InChI is InChI=1S/C17H21N2S/c1-4-19-15-11-8-9-12-16(15)20-17(19)13-7-5-6-10-14-18(2)3/h5-14H,4H2,1-3H3/q+1. The molecule has 3 heteroatoms. The first-order valence-electron chi connectivity index (χ1n) is 6.81. The van der Waals surface area contributed by atoms with E-state index in [0.29, 0.717) is 0 Å². The highest BCUT2D eigenvalue weighted by molar-refractivity contribution is 7.18. The number of nitrogens with zero attached hydrogens (tertiary/aromatic N) is 2. The van der Waals surface area contributed by atoms with E-state index in [1.54, 1.807) is 0 Å². The van der Waals surface area contributed by atoms with Crippen LogP contribution in [0.25, 0.3) is 16.3 Å². The van der Waals surface area contributed by atoms with E-state index in [1.807, 2.05) is 48.7 Å². The SMILES string of the molecule is CC[n+]1c(C=CC=CC=CN(C)C)sc2ccccc21. The summed E-state index contributed by atoms with van der Waals surface area (Å²) in [6.45, 7) is 3.18. The number of thiazole rings is 1. The molecule has 0 radical (unpaired) electrons. The highest BCUT2D eigenvalue weighted by Crippen LogP contribution is 2.20. The Morgan fingerprint density at radius 3 is 2.60 bits per heavy atom. The first-order chi connectivity index (χ1) is 9.72. The summed E-state index contributed by atoms with van der Waals surface area (Å²) in [4.78, 5) is 2.02. The molecular weight excluding hydrogens is 264 g/mol. The van der Waals surface area contributed by atoms with E-state index in [2.05, 4.69) is 54.0 Å². The lowest BCUT2D eigenvalue weighted by Gasteiger charge is -2.00. The summed E-state index contributed by atoms with van der Waals surface area (Å²) in [5, 5.41) is 1.29. The highest BCUT2D eigenvalue weighted by Gasteiger charge is 2.15. The number of rotatable bonds is 5. The first kappa shape index (κ1) is 14.5. The van der Waals surface area contributed by atoms with Crippen LogP contribution in [0.2, 0.25) is 0 Å². The molecule has 0 saturated heterocycles. The van der Waals surface area contributed by atoms with E-state index < -0.39 is 0 Å². The lowest BCUT2D eigenvalue weighted by Crippen LogP contribution is -2.33. The van der Waals surface area contributed by atoms with Crippen molar-refractivity contribution >= 4 is 27.6 Å². The smallest absolute Gasteiger partial charge is 0.262 e. The van der Waals surface area contributed by atoms with Gasteiger partial charge in [0.15, 0.2) is 0 Å². The Hall–Kier alpha value is -1.87.